The zero-order chi connectivity index (χ0) is 13.4. The van der Waals surface area contributed by atoms with Crippen molar-refractivity contribution in [3.05, 3.63) is 22.6 Å². The summed E-state index contributed by atoms with van der Waals surface area (Å²) in [6.45, 7) is 6.20. The van der Waals surface area contributed by atoms with Crippen molar-refractivity contribution in [1.82, 2.24) is 5.32 Å². The van der Waals surface area contributed by atoms with Gasteiger partial charge in [-0.1, -0.05) is 25.0 Å². The predicted molar refractivity (Wildman–Crippen MR) is 81.0 cm³/mol. The molecular formula is C15H25NOS. The van der Waals surface area contributed by atoms with E-state index in [1.807, 2.05) is 12.2 Å². The molecule has 1 rings (SSSR count). The van der Waals surface area contributed by atoms with Gasteiger partial charge < -0.3 is 5.32 Å². The molecule has 1 heterocycles. The maximum atomic E-state index is 12.1. The van der Waals surface area contributed by atoms with E-state index in [1.165, 1.54) is 18.4 Å². The maximum Gasteiger partial charge on any atom is 0.172 e. The van der Waals surface area contributed by atoms with Crippen molar-refractivity contribution in [2.24, 2.45) is 5.92 Å². The normalized spacial score (nSPS) is 19.1. The molecule has 0 spiro atoms. The van der Waals surface area contributed by atoms with Gasteiger partial charge in [0.1, 0.15) is 0 Å². The van der Waals surface area contributed by atoms with Crippen molar-refractivity contribution in [2.45, 2.75) is 46.0 Å². The Bertz CT molecular complexity index is 327. The van der Waals surface area contributed by atoms with Crippen LogP contribution in [-0.4, -0.2) is 18.9 Å². The van der Waals surface area contributed by atoms with Crippen molar-refractivity contribution in [2.75, 3.05) is 13.1 Å². The molecule has 0 radical (unpaired) electrons. The van der Waals surface area contributed by atoms with Crippen molar-refractivity contribution in [3.63, 3.8) is 0 Å². The second kappa shape index (κ2) is 8.54. The molecule has 2 nitrogen and oxygen atoms in total. The molecule has 1 saturated heterocycles. The molecule has 0 aromatic carbocycles. The molecule has 0 bridgehead atoms. The fraction of sp³-hybridized carbons (Fsp3) is 0.667. The molecule has 0 saturated carbocycles. The van der Waals surface area contributed by atoms with E-state index in [9.17, 15) is 4.79 Å². The summed E-state index contributed by atoms with van der Waals surface area (Å²) >= 11 is 4.35. The molecular weight excluding hydrogens is 242 g/mol. The summed E-state index contributed by atoms with van der Waals surface area (Å²) in [6.07, 6.45) is 9.31. The van der Waals surface area contributed by atoms with Crippen LogP contribution in [0.1, 0.15) is 46.0 Å². The average Bonchev–Trinajstić information content (AvgIpc) is 2.42. The van der Waals surface area contributed by atoms with Gasteiger partial charge in [-0.3, -0.25) is 4.79 Å². The van der Waals surface area contributed by atoms with Gasteiger partial charge in [0.25, 0.3) is 0 Å². The first-order valence-corrected chi connectivity index (χ1v) is 7.41. The number of hydrogen-bond donors (Lipinski definition) is 2. The average molecular weight is 267 g/mol. The first kappa shape index (κ1) is 15.5. The molecule has 0 amide bonds. The van der Waals surface area contributed by atoms with Crippen LogP contribution in [0, 0.1) is 5.92 Å². The summed E-state index contributed by atoms with van der Waals surface area (Å²) in [5.41, 5.74) is 1.32. The van der Waals surface area contributed by atoms with Gasteiger partial charge in [-0.15, -0.1) is 12.6 Å². The minimum Gasteiger partial charge on any atom is -0.317 e. The molecule has 18 heavy (non-hydrogen) atoms. The van der Waals surface area contributed by atoms with Crippen molar-refractivity contribution in [3.8, 4) is 0 Å². The summed E-state index contributed by atoms with van der Waals surface area (Å²) in [4.78, 5) is 12.7. The largest absolute Gasteiger partial charge is 0.317 e. The smallest absolute Gasteiger partial charge is 0.172 e. The third kappa shape index (κ3) is 5.40. The quantitative estimate of drug-likeness (QED) is 0.438. The number of thiol groups is 1. The third-order valence-electron chi connectivity index (χ3n) is 3.41. The van der Waals surface area contributed by atoms with Crippen LogP contribution in [0.3, 0.4) is 0 Å². The number of unbranched alkanes of at least 4 members (excludes halogenated alkanes) is 1. The standard InChI is InChI=1S/C15H25NOS/c1-3-4-5-12(2)6-7-14(18)15(17)13-8-10-16-11-9-13/h6-7,13,16,18H,3-5,8-11H2,1-2H3/b12-6+,14-7-. The molecule has 102 valence electrons. The Kier molecular flexibility index (Phi) is 7.36. The van der Waals surface area contributed by atoms with Crippen molar-refractivity contribution >= 4 is 18.4 Å². The molecule has 0 aliphatic carbocycles. The molecule has 1 fully saturated rings. The van der Waals surface area contributed by atoms with Crippen molar-refractivity contribution < 1.29 is 4.79 Å². The van der Waals surface area contributed by atoms with Crippen LogP contribution < -0.4 is 5.32 Å². The second-order valence-corrected chi connectivity index (χ2v) is 5.54. The van der Waals surface area contributed by atoms with Crippen LogP contribution in [-0.2, 0) is 4.79 Å². The zero-order valence-corrected chi connectivity index (χ0v) is 12.4. The molecule has 1 aliphatic rings. The Morgan fingerprint density at radius 2 is 2.00 bits per heavy atom. The van der Waals surface area contributed by atoms with Crippen LogP contribution in [0.2, 0.25) is 0 Å². The Morgan fingerprint density at radius 3 is 2.61 bits per heavy atom. The fourth-order valence-corrected chi connectivity index (χ4v) is 2.39. The molecule has 3 heteroatoms. The van der Waals surface area contributed by atoms with E-state index in [1.54, 1.807) is 0 Å². The predicted octanol–water partition coefficient (Wildman–Crippen LogP) is 3.51. The number of Topliss-reactive ketones (excluding diaryl/α,β-unsaturated/α-hetero) is 1. The van der Waals surface area contributed by atoms with Crippen LogP contribution in [0.25, 0.3) is 0 Å². The maximum absolute atomic E-state index is 12.1. The van der Waals surface area contributed by atoms with E-state index in [4.69, 9.17) is 0 Å². The molecule has 0 aromatic heterocycles. The minimum absolute atomic E-state index is 0.166. The Morgan fingerprint density at radius 1 is 1.33 bits per heavy atom. The molecule has 0 atom stereocenters. The second-order valence-electron chi connectivity index (χ2n) is 5.06. The Labute approximate surface area is 116 Å². The lowest BCUT2D eigenvalue weighted by Crippen LogP contribution is -2.31. The minimum atomic E-state index is 0.166. The van der Waals surface area contributed by atoms with Gasteiger partial charge in [0.15, 0.2) is 5.78 Å². The summed E-state index contributed by atoms with van der Waals surface area (Å²) in [5, 5.41) is 3.27. The van der Waals surface area contributed by atoms with Gasteiger partial charge in [0.05, 0.1) is 0 Å². The van der Waals surface area contributed by atoms with Crippen LogP contribution in [0.5, 0.6) is 0 Å². The number of carbonyl (C=O) groups excluding carboxylic acids is 1. The molecule has 0 unspecified atom stereocenters. The molecule has 1 aliphatic heterocycles. The zero-order valence-electron chi connectivity index (χ0n) is 11.5. The van der Waals surface area contributed by atoms with Crippen LogP contribution in [0.15, 0.2) is 22.6 Å². The van der Waals surface area contributed by atoms with E-state index in [0.717, 1.165) is 32.4 Å². The van der Waals surface area contributed by atoms with Gasteiger partial charge in [0.2, 0.25) is 0 Å². The van der Waals surface area contributed by atoms with E-state index in [2.05, 4.69) is 31.8 Å². The highest BCUT2D eigenvalue weighted by atomic mass is 32.1. The monoisotopic (exact) mass is 267 g/mol. The number of carbonyl (C=O) groups is 1. The SMILES string of the molecule is CCCC/C(C)=C/C=C(\S)C(=O)C1CCNCC1. The number of piperidine rings is 1. The lowest BCUT2D eigenvalue weighted by atomic mass is 9.93. The van der Waals surface area contributed by atoms with Gasteiger partial charge in [0, 0.05) is 10.8 Å². The number of hydrogen-bond acceptors (Lipinski definition) is 3. The third-order valence-corrected chi connectivity index (χ3v) is 3.78. The lowest BCUT2D eigenvalue weighted by molar-refractivity contribution is -0.119. The number of ketones is 1. The van der Waals surface area contributed by atoms with Crippen molar-refractivity contribution in [1.29, 1.82) is 0 Å². The summed E-state index contributed by atoms with van der Waals surface area (Å²) in [5.74, 6) is 0.374. The van der Waals surface area contributed by atoms with Gasteiger partial charge >= 0.3 is 0 Å². The number of nitrogens with one attached hydrogen (secondary N) is 1. The molecule has 0 aromatic rings. The van der Waals surface area contributed by atoms with E-state index >= 15 is 0 Å². The van der Waals surface area contributed by atoms with Crippen LogP contribution in [0.4, 0.5) is 0 Å². The fourth-order valence-electron chi connectivity index (χ4n) is 2.14. The Hall–Kier alpha value is -0.540. The molecule has 1 N–H and O–H groups in total. The Balaban J connectivity index is 2.51. The van der Waals surface area contributed by atoms with E-state index in [0.29, 0.717) is 4.91 Å². The summed E-state index contributed by atoms with van der Waals surface area (Å²) in [6, 6.07) is 0. The number of allylic oxidation sites excluding steroid dienone is 4. The first-order chi connectivity index (χ1) is 8.65. The number of rotatable bonds is 6. The highest BCUT2D eigenvalue weighted by Crippen LogP contribution is 2.19. The highest BCUT2D eigenvalue weighted by molar-refractivity contribution is 7.85. The highest BCUT2D eigenvalue weighted by Gasteiger charge is 2.21. The van der Waals surface area contributed by atoms with Gasteiger partial charge in [-0.05, 0) is 51.8 Å². The topological polar surface area (TPSA) is 29.1 Å². The van der Waals surface area contributed by atoms with Crippen LogP contribution >= 0.6 is 12.6 Å². The van der Waals surface area contributed by atoms with E-state index in [-0.39, 0.29) is 11.7 Å². The van der Waals surface area contributed by atoms with Gasteiger partial charge in [-0.25, -0.2) is 0 Å². The first-order valence-electron chi connectivity index (χ1n) is 6.96. The van der Waals surface area contributed by atoms with Gasteiger partial charge in [-0.2, -0.15) is 0 Å². The summed E-state index contributed by atoms with van der Waals surface area (Å²) < 4.78 is 0. The summed E-state index contributed by atoms with van der Waals surface area (Å²) in [7, 11) is 0. The van der Waals surface area contributed by atoms with E-state index < -0.39 is 0 Å². The lowest BCUT2D eigenvalue weighted by Gasteiger charge is -2.21.